The fourth-order valence-electron chi connectivity index (χ4n) is 5.11. The molecule has 0 saturated heterocycles. The standard InChI is InChI=1S/C28H31N3O6S2/c1-16-21-24(33)31(28(2,3)26(34)35)27(36)30(25(21)39-22(16)23-29-13-14-38-23)15-20(17-7-5-4-6-8-17)37-19-11-9-18(32)10-12-19/h4-8,13-14,18-20,32H,9-12,15H2,1-3H3,(H,34,35)/t18-,19+,20-/m0/s1. The fourth-order valence-corrected chi connectivity index (χ4v) is 7.21. The van der Waals surface area contributed by atoms with E-state index in [0.717, 1.165) is 20.0 Å². The van der Waals surface area contributed by atoms with Crippen molar-refractivity contribution in [1.29, 1.82) is 0 Å². The molecule has 0 spiro atoms. The molecule has 2 N–H and O–H groups in total. The van der Waals surface area contributed by atoms with Gasteiger partial charge in [0.15, 0.2) is 0 Å². The largest absolute Gasteiger partial charge is 0.480 e. The van der Waals surface area contributed by atoms with Crippen LogP contribution in [0.2, 0.25) is 0 Å². The molecule has 1 fully saturated rings. The van der Waals surface area contributed by atoms with Crippen molar-refractivity contribution in [2.24, 2.45) is 0 Å². The first kappa shape index (κ1) is 27.4. The van der Waals surface area contributed by atoms with E-state index >= 15 is 0 Å². The number of hydrogen-bond acceptors (Lipinski definition) is 8. The van der Waals surface area contributed by atoms with E-state index in [4.69, 9.17) is 4.74 Å². The Balaban J connectivity index is 1.71. The predicted molar refractivity (Wildman–Crippen MR) is 152 cm³/mol. The summed E-state index contributed by atoms with van der Waals surface area (Å²) in [5, 5.41) is 22.8. The zero-order valence-electron chi connectivity index (χ0n) is 22.0. The highest BCUT2D eigenvalue weighted by Gasteiger charge is 2.36. The summed E-state index contributed by atoms with van der Waals surface area (Å²) in [6.07, 6.45) is 3.43. The third kappa shape index (κ3) is 5.11. The van der Waals surface area contributed by atoms with Gasteiger partial charge in [-0.2, -0.15) is 0 Å². The summed E-state index contributed by atoms with van der Waals surface area (Å²) in [6, 6.07) is 9.57. The molecule has 0 unspecified atom stereocenters. The molecule has 39 heavy (non-hydrogen) atoms. The van der Waals surface area contributed by atoms with Crippen molar-refractivity contribution < 1.29 is 19.7 Å². The van der Waals surface area contributed by atoms with E-state index in [1.165, 1.54) is 41.1 Å². The summed E-state index contributed by atoms with van der Waals surface area (Å²) in [7, 11) is 0. The van der Waals surface area contributed by atoms with E-state index < -0.39 is 28.9 Å². The molecule has 1 aliphatic carbocycles. The molecular weight excluding hydrogens is 538 g/mol. The average Bonchev–Trinajstić information content (AvgIpc) is 3.55. The quantitative estimate of drug-likeness (QED) is 0.319. The first-order valence-corrected chi connectivity index (χ1v) is 14.6. The number of thiazole rings is 1. The van der Waals surface area contributed by atoms with Gasteiger partial charge in [0.2, 0.25) is 0 Å². The van der Waals surface area contributed by atoms with Gasteiger partial charge in [-0.05, 0) is 57.6 Å². The minimum Gasteiger partial charge on any atom is -0.480 e. The van der Waals surface area contributed by atoms with Gasteiger partial charge in [0.1, 0.15) is 21.5 Å². The third-order valence-corrected chi connectivity index (χ3v) is 9.68. The second kappa shape index (κ2) is 10.8. The second-order valence-corrected chi connectivity index (χ2v) is 12.3. The summed E-state index contributed by atoms with van der Waals surface area (Å²) in [5.41, 5.74) is -1.57. The lowest BCUT2D eigenvalue weighted by Crippen LogP contribution is -2.52. The van der Waals surface area contributed by atoms with Crippen LogP contribution in [0.25, 0.3) is 20.1 Å². The van der Waals surface area contributed by atoms with Crippen LogP contribution in [0, 0.1) is 6.92 Å². The van der Waals surface area contributed by atoms with Crippen LogP contribution >= 0.6 is 22.7 Å². The predicted octanol–water partition coefficient (Wildman–Crippen LogP) is 4.54. The Hall–Kier alpha value is -3.12. The van der Waals surface area contributed by atoms with Gasteiger partial charge in [0, 0.05) is 11.6 Å². The normalized spacial score (nSPS) is 18.9. The van der Waals surface area contributed by atoms with Crippen molar-refractivity contribution in [3.8, 4) is 9.88 Å². The number of fused-ring (bicyclic) bond motifs is 1. The first-order chi connectivity index (χ1) is 18.6. The van der Waals surface area contributed by atoms with Crippen LogP contribution in [-0.2, 0) is 21.6 Å². The van der Waals surface area contributed by atoms with Crippen molar-refractivity contribution in [3.63, 3.8) is 0 Å². The summed E-state index contributed by atoms with van der Waals surface area (Å²) in [5.74, 6) is -1.28. The number of carboxylic acid groups (broad SMARTS) is 1. The Morgan fingerprint density at radius 1 is 1.18 bits per heavy atom. The van der Waals surface area contributed by atoms with Crippen LogP contribution in [0.1, 0.15) is 56.8 Å². The number of aliphatic hydroxyl groups is 1. The van der Waals surface area contributed by atoms with Crippen LogP contribution in [0.3, 0.4) is 0 Å². The van der Waals surface area contributed by atoms with E-state index in [9.17, 15) is 24.6 Å². The van der Waals surface area contributed by atoms with E-state index in [-0.39, 0.29) is 18.8 Å². The molecule has 206 valence electrons. The monoisotopic (exact) mass is 569 g/mol. The molecule has 3 aromatic heterocycles. The zero-order valence-corrected chi connectivity index (χ0v) is 23.6. The van der Waals surface area contributed by atoms with Crippen molar-refractivity contribution in [2.75, 3.05) is 0 Å². The van der Waals surface area contributed by atoms with Gasteiger partial charge < -0.3 is 14.9 Å². The first-order valence-electron chi connectivity index (χ1n) is 12.9. The van der Waals surface area contributed by atoms with Crippen LogP contribution in [-0.4, -0.2) is 42.5 Å². The highest BCUT2D eigenvalue weighted by molar-refractivity contribution is 7.25. The summed E-state index contributed by atoms with van der Waals surface area (Å²) < 4.78 is 8.91. The van der Waals surface area contributed by atoms with Gasteiger partial charge in [0.05, 0.1) is 29.0 Å². The highest BCUT2D eigenvalue weighted by atomic mass is 32.1. The van der Waals surface area contributed by atoms with Gasteiger partial charge in [-0.1, -0.05) is 30.3 Å². The van der Waals surface area contributed by atoms with Gasteiger partial charge in [-0.25, -0.2) is 19.1 Å². The van der Waals surface area contributed by atoms with Gasteiger partial charge >= 0.3 is 11.7 Å². The minimum absolute atomic E-state index is 0.0889. The van der Waals surface area contributed by atoms with E-state index in [0.29, 0.717) is 41.5 Å². The lowest BCUT2D eigenvalue weighted by molar-refractivity contribution is -0.146. The number of aromatic nitrogens is 3. The van der Waals surface area contributed by atoms with Crippen molar-refractivity contribution in [3.05, 3.63) is 73.9 Å². The Morgan fingerprint density at radius 2 is 1.87 bits per heavy atom. The maximum Gasteiger partial charge on any atom is 0.333 e. The van der Waals surface area contributed by atoms with Gasteiger partial charge in [-0.15, -0.1) is 22.7 Å². The summed E-state index contributed by atoms with van der Waals surface area (Å²) in [6.45, 7) is 4.61. The average molecular weight is 570 g/mol. The van der Waals surface area contributed by atoms with Gasteiger partial charge in [0.25, 0.3) is 5.56 Å². The molecule has 0 amide bonds. The van der Waals surface area contributed by atoms with E-state index in [2.05, 4.69) is 4.98 Å². The van der Waals surface area contributed by atoms with Crippen LogP contribution in [0.5, 0.6) is 0 Å². The Bertz CT molecular complexity index is 1600. The van der Waals surface area contributed by atoms with Gasteiger partial charge in [-0.3, -0.25) is 9.36 Å². The number of ether oxygens (including phenoxy) is 1. The zero-order chi connectivity index (χ0) is 27.9. The molecule has 1 saturated carbocycles. The SMILES string of the molecule is Cc1c(-c2nccs2)sc2c1c(=O)n(C(C)(C)C(=O)O)c(=O)n2C[C@H](O[C@H]1CC[C@@H](O)CC1)c1ccccc1. The second-order valence-electron chi connectivity index (χ2n) is 10.4. The van der Waals surface area contributed by atoms with E-state index in [1.807, 2.05) is 42.6 Å². The number of carbonyl (C=O) groups is 1. The lowest BCUT2D eigenvalue weighted by Gasteiger charge is -2.31. The van der Waals surface area contributed by atoms with Crippen molar-refractivity contribution in [1.82, 2.24) is 14.1 Å². The number of aryl methyl sites for hydroxylation is 1. The van der Waals surface area contributed by atoms with Crippen molar-refractivity contribution >= 4 is 38.9 Å². The molecule has 1 atom stereocenters. The van der Waals surface area contributed by atoms with Crippen LogP contribution in [0.15, 0.2) is 51.5 Å². The molecule has 5 rings (SSSR count). The Kier molecular flexibility index (Phi) is 7.60. The molecule has 9 nitrogen and oxygen atoms in total. The van der Waals surface area contributed by atoms with E-state index in [1.54, 1.807) is 6.20 Å². The fraction of sp³-hybridized carbons (Fsp3) is 0.429. The molecule has 4 aromatic rings. The Morgan fingerprint density at radius 3 is 2.49 bits per heavy atom. The molecular formula is C28H31N3O6S2. The lowest BCUT2D eigenvalue weighted by atomic mass is 9.95. The number of benzene rings is 1. The molecule has 0 radical (unpaired) electrons. The molecule has 1 aromatic carbocycles. The molecule has 1 aliphatic rings. The number of thiophene rings is 1. The number of hydrogen-bond donors (Lipinski definition) is 2. The van der Waals surface area contributed by atoms with Crippen molar-refractivity contribution in [2.45, 2.75) is 76.9 Å². The number of carboxylic acids is 1. The maximum absolute atomic E-state index is 14.0. The smallest absolute Gasteiger partial charge is 0.333 e. The maximum atomic E-state index is 14.0. The molecule has 0 bridgehead atoms. The Labute approximate surface area is 233 Å². The molecule has 11 heteroatoms. The topological polar surface area (TPSA) is 124 Å². The molecule has 0 aliphatic heterocycles. The van der Waals surface area contributed by atoms with Crippen LogP contribution in [0.4, 0.5) is 0 Å². The summed E-state index contributed by atoms with van der Waals surface area (Å²) >= 11 is 2.74. The minimum atomic E-state index is -1.78. The highest BCUT2D eigenvalue weighted by Crippen LogP contribution is 2.38. The number of rotatable bonds is 8. The number of aliphatic hydroxyl groups excluding tert-OH is 1. The van der Waals surface area contributed by atoms with Crippen LogP contribution < -0.4 is 11.2 Å². The summed E-state index contributed by atoms with van der Waals surface area (Å²) in [4.78, 5) is 45.7. The number of aliphatic carboxylic acids is 1. The third-order valence-electron chi connectivity index (χ3n) is 7.44. The number of nitrogens with zero attached hydrogens (tertiary/aromatic N) is 3. The molecule has 3 heterocycles.